The number of halogens is 1. The molecular weight excluding hydrogens is 420 g/mol. The summed E-state index contributed by atoms with van der Waals surface area (Å²) < 4.78 is 10.1. The standard InChI is InChI=1S/C23H25ClN2O5/c1-16(25-21(27)12-9-17-7-10-20(30-3)11-8-17)23(29)31-15-22(28)26(2)14-18-5-4-6-19(24)13-18/h4-13,16H,14-15H2,1-3H3,(H,25,27). The van der Waals surface area contributed by atoms with Gasteiger partial charge in [0.25, 0.3) is 5.91 Å². The Kier molecular flexibility index (Phi) is 9.09. The number of benzene rings is 2. The SMILES string of the molecule is COc1ccc(C=CC(=O)NC(C)C(=O)OCC(=O)N(C)Cc2cccc(Cl)c2)cc1. The zero-order valence-electron chi connectivity index (χ0n) is 17.6. The minimum Gasteiger partial charge on any atom is -0.497 e. The number of hydrogen-bond donors (Lipinski definition) is 1. The minimum atomic E-state index is -0.904. The van der Waals surface area contributed by atoms with E-state index in [1.165, 1.54) is 17.9 Å². The van der Waals surface area contributed by atoms with Gasteiger partial charge in [0.1, 0.15) is 11.8 Å². The third-order valence-corrected chi connectivity index (χ3v) is 4.56. The van der Waals surface area contributed by atoms with Crippen molar-refractivity contribution in [3.8, 4) is 5.75 Å². The van der Waals surface area contributed by atoms with Crippen molar-refractivity contribution < 1.29 is 23.9 Å². The number of nitrogens with zero attached hydrogens (tertiary/aromatic N) is 1. The van der Waals surface area contributed by atoms with Gasteiger partial charge in [0.2, 0.25) is 5.91 Å². The van der Waals surface area contributed by atoms with Crippen molar-refractivity contribution in [3.05, 3.63) is 70.8 Å². The highest BCUT2D eigenvalue weighted by atomic mass is 35.5. The van der Waals surface area contributed by atoms with Crippen LogP contribution >= 0.6 is 11.6 Å². The fraction of sp³-hybridized carbons (Fsp3) is 0.261. The van der Waals surface area contributed by atoms with Crippen LogP contribution in [-0.2, 0) is 25.7 Å². The molecule has 7 nitrogen and oxygen atoms in total. The van der Waals surface area contributed by atoms with Gasteiger partial charge < -0.3 is 19.7 Å². The number of rotatable bonds is 9. The highest BCUT2D eigenvalue weighted by molar-refractivity contribution is 6.30. The molecule has 0 aliphatic carbocycles. The smallest absolute Gasteiger partial charge is 0.328 e. The number of hydrogen-bond acceptors (Lipinski definition) is 5. The lowest BCUT2D eigenvalue weighted by atomic mass is 10.2. The summed E-state index contributed by atoms with van der Waals surface area (Å²) >= 11 is 5.94. The maximum atomic E-state index is 12.2. The van der Waals surface area contributed by atoms with Crippen molar-refractivity contribution in [1.29, 1.82) is 0 Å². The number of methoxy groups -OCH3 is 1. The fourth-order valence-corrected chi connectivity index (χ4v) is 2.79. The number of amides is 2. The van der Waals surface area contributed by atoms with Crippen molar-refractivity contribution >= 4 is 35.5 Å². The van der Waals surface area contributed by atoms with Crippen LogP contribution < -0.4 is 10.1 Å². The molecule has 2 aromatic carbocycles. The van der Waals surface area contributed by atoms with Crippen molar-refractivity contribution in [2.24, 2.45) is 0 Å². The first-order valence-electron chi connectivity index (χ1n) is 9.56. The molecule has 2 amide bonds. The Balaban J connectivity index is 1.76. The highest BCUT2D eigenvalue weighted by Gasteiger charge is 2.18. The van der Waals surface area contributed by atoms with Crippen LogP contribution in [0.2, 0.25) is 5.02 Å². The maximum absolute atomic E-state index is 12.2. The second kappa shape index (κ2) is 11.8. The summed E-state index contributed by atoms with van der Waals surface area (Å²) in [6.07, 6.45) is 2.93. The van der Waals surface area contributed by atoms with Gasteiger partial charge in [-0.1, -0.05) is 35.9 Å². The van der Waals surface area contributed by atoms with E-state index in [9.17, 15) is 14.4 Å². The van der Waals surface area contributed by atoms with Crippen LogP contribution in [0.1, 0.15) is 18.1 Å². The number of carbonyl (C=O) groups is 3. The summed E-state index contributed by atoms with van der Waals surface area (Å²) in [7, 11) is 3.18. The number of likely N-dealkylation sites (N-methyl/N-ethyl adjacent to an activating group) is 1. The summed E-state index contributed by atoms with van der Waals surface area (Å²) in [6, 6.07) is 13.4. The van der Waals surface area contributed by atoms with Gasteiger partial charge in [-0.3, -0.25) is 9.59 Å². The zero-order chi connectivity index (χ0) is 22.8. The summed E-state index contributed by atoms with van der Waals surface area (Å²) in [6.45, 7) is 1.40. The molecule has 2 rings (SSSR count). The molecule has 0 saturated carbocycles. The molecule has 2 aromatic rings. The van der Waals surface area contributed by atoms with Crippen LogP contribution in [0, 0.1) is 0 Å². The molecule has 0 bridgehead atoms. The van der Waals surface area contributed by atoms with Gasteiger partial charge in [-0.05, 0) is 48.4 Å². The molecule has 164 valence electrons. The topological polar surface area (TPSA) is 84.9 Å². The van der Waals surface area contributed by atoms with Crippen LogP contribution in [0.4, 0.5) is 0 Å². The van der Waals surface area contributed by atoms with Gasteiger partial charge in [0.15, 0.2) is 6.61 Å². The van der Waals surface area contributed by atoms with Crippen LogP contribution in [0.5, 0.6) is 5.75 Å². The summed E-state index contributed by atoms with van der Waals surface area (Å²) in [5, 5.41) is 3.09. The first kappa shape index (κ1) is 24.0. The summed E-state index contributed by atoms with van der Waals surface area (Å²) in [5.41, 5.74) is 1.67. The lowest BCUT2D eigenvalue weighted by molar-refractivity contribution is -0.153. The number of ether oxygens (including phenoxy) is 2. The fourth-order valence-electron chi connectivity index (χ4n) is 2.57. The summed E-state index contributed by atoms with van der Waals surface area (Å²) in [5.74, 6) is -0.808. The van der Waals surface area contributed by atoms with E-state index < -0.39 is 24.5 Å². The monoisotopic (exact) mass is 444 g/mol. The average molecular weight is 445 g/mol. The van der Waals surface area contributed by atoms with Crippen LogP contribution in [-0.4, -0.2) is 49.5 Å². The molecule has 0 heterocycles. The van der Waals surface area contributed by atoms with E-state index >= 15 is 0 Å². The van der Waals surface area contributed by atoms with Gasteiger partial charge in [-0.2, -0.15) is 0 Å². The van der Waals surface area contributed by atoms with E-state index in [0.717, 1.165) is 11.1 Å². The van der Waals surface area contributed by atoms with E-state index in [1.54, 1.807) is 62.7 Å². The van der Waals surface area contributed by atoms with Crippen LogP contribution in [0.15, 0.2) is 54.6 Å². The maximum Gasteiger partial charge on any atom is 0.328 e. The van der Waals surface area contributed by atoms with Crippen molar-refractivity contribution in [3.63, 3.8) is 0 Å². The second-order valence-corrected chi connectivity index (χ2v) is 7.26. The molecule has 0 aliphatic rings. The molecule has 1 N–H and O–H groups in total. The van der Waals surface area contributed by atoms with E-state index in [-0.39, 0.29) is 5.91 Å². The first-order chi connectivity index (χ1) is 14.8. The first-order valence-corrected chi connectivity index (χ1v) is 9.94. The van der Waals surface area contributed by atoms with Gasteiger partial charge in [0, 0.05) is 24.7 Å². The molecule has 0 spiro atoms. The minimum absolute atomic E-state index is 0.333. The van der Waals surface area contributed by atoms with Crippen LogP contribution in [0.25, 0.3) is 6.08 Å². The Bertz CT molecular complexity index is 943. The highest BCUT2D eigenvalue weighted by Crippen LogP contribution is 2.13. The van der Waals surface area contributed by atoms with E-state index in [4.69, 9.17) is 21.1 Å². The van der Waals surface area contributed by atoms with Crippen LogP contribution in [0.3, 0.4) is 0 Å². The quantitative estimate of drug-likeness (QED) is 0.474. The molecule has 1 atom stereocenters. The number of nitrogens with one attached hydrogen (secondary N) is 1. The van der Waals surface area contributed by atoms with E-state index in [1.807, 2.05) is 6.07 Å². The van der Waals surface area contributed by atoms with E-state index in [0.29, 0.717) is 17.3 Å². The third kappa shape index (κ3) is 8.14. The molecule has 0 fully saturated rings. The molecule has 0 saturated heterocycles. The Morgan fingerprint density at radius 3 is 2.52 bits per heavy atom. The lowest BCUT2D eigenvalue weighted by Gasteiger charge is -2.18. The Hall–Kier alpha value is -3.32. The van der Waals surface area contributed by atoms with Crippen molar-refractivity contribution in [2.75, 3.05) is 20.8 Å². The Labute approximate surface area is 186 Å². The molecule has 1 unspecified atom stereocenters. The predicted molar refractivity (Wildman–Crippen MR) is 119 cm³/mol. The van der Waals surface area contributed by atoms with Gasteiger partial charge >= 0.3 is 5.97 Å². The largest absolute Gasteiger partial charge is 0.497 e. The third-order valence-electron chi connectivity index (χ3n) is 4.33. The zero-order valence-corrected chi connectivity index (χ0v) is 18.4. The van der Waals surface area contributed by atoms with E-state index in [2.05, 4.69) is 5.32 Å². The number of esters is 1. The average Bonchev–Trinajstić information content (AvgIpc) is 2.76. The Morgan fingerprint density at radius 2 is 1.87 bits per heavy atom. The molecular formula is C23H25ClN2O5. The normalized spacial score (nSPS) is 11.6. The lowest BCUT2D eigenvalue weighted by Crippen LogP contribution is -2.40. The second-order valence-electron chi connectivity index (χ2n) is 6.82. The van der Waals surface area contributed by atoms with Crippen molar-refractivity contribution in [1.82, 2.24) is 10.2 Å². The molecule has 0 aromatic heterocycles. The number of carbonyl (C=O) groups excluding carboxylic acids is 3. The molecule has 31 heavy (non-hydrogen) atoms. The summed E-state index contributed by atoms with van der Waals surface area (Å²) in [4.78, 5) is 37.7. The molecule has 8 heteroatoms. The van der Waals surface area contributed by atoms with Crippen molar-refractivity contribution in [2.45, 2.75) is 19.5 Å². The molecule has 0 aliphatic heterocycles. The van der Waals surface area contributed by atoms with Gasteiger partial charge in [0.05, 0.1) is 7.11 Å². The van der Waals surface area contributed by atoms with Gasteiger partial charge in [-0.15, -0.1) is 0 Å². The van der Waals surface area contributed by atoms with Gasteiger partial charge in [-0.25, -0.2) is 4.79 Å². The predicted octanol–water partition coefficient (Wildman–Crippen LogP) is 3.07. The Morgan fingerprint density at radius 1 is 1.16 bits per heavy atom. The molecule has 0 radical (unpaired) electrons.